The second-order valence-corrected chi connectivity index (χ2v) is 6.88. The molecule has 0 bridgehead atoms. The highest BCUT2D eigenvalue weighted by Crippen LogP contribution is 2.28. The molecule has 134 valence electrons. The molecule has 3 aromatic heterocycles. The third kappa shape index (κ3) is 4.30. The summed E-state index contributed by atoms with van der Waals surface area (Å²) in [4.78, 5) is 13.9. The number of hydrogen-bond donors (Lipinski definition) is 1. The van der Waals surface area contributed by atoms with Gasteiger partial charge in [-0.15, -0.1) is 11.3 Å². The number of nitrogens with zero attached hydrogens (tertiary/aromatic N) is 3. The summed E-state index contributed by atoms with van der Waals surface area (Å²) in [5.74, 6) is 1.33. The largest absolute Gasteiger partial charge is 0.439 e. The van der Waals surface area contributed by atoms with Crippen molar-refractivity contribution in [3.05, 3.63) is 83.9 Å². The van der Waals surface area contributed by atoms with E-state index in [9.17, 15) is 0 Å². The molecule has 1 aromatic carbocycles. The van der Waals surface area contributed by atoms with E-state index in [-0.39, 0.29) is 0 Å². The average Bonchev–Trinajstić information content (AvgIpc) is 3.24. The Morgan fingerprint density at radius 1 is 1.00 bits per heavy atom. The van der Waals surface area contributed by atoms with Crippen LogP contribution in [0.25, 0.3) is 10.4 Å². The number of nitrogens with one attached hydrogen (secondary N) is 1. The maximum Gasteiger partial charge on any atom is 0.219 e. The summed E-state index contributed by atoms with van der Waals surface area (Å²) in [5.41, 5.74) is 5.95. The summed E-state index contributed by atoms with van der Waals surface area (Å²) in [7, 11) is 0. The topological polar surface area (TPSA) is 59.9 Å². The molecule has 0 aliphatic carbocycles. The van der Waals surface area contributed by atoms with Gasteiger partial charge in [-0.1, -0.05) is 6.07 Å². The van der Waals surface area contributed by atoms with Crippen LogP contribution in [0, 0.1) is 6.92 Å². The summed E-state index contributed by atoms with van der Waals surface area (Å²) in [6.07, 6.45) is 5.48. The summed E-state index contributed by atoms with van der Waals surface area (Å²) in [6.45, 7) is 2.67. The lowest BCUT2D eigenvalue weighted by Gasteiger charge is -2.11. The summed E-state index contributed by atoms with van der Waals surface area (Å²) in [5, 5.41) is 3.38. The molecule has 0 spiro atoms. The van der Waals surface area contributed by atoms with Crippen LogP contribution in [0.2, 0.25) is 0 Å². The van der Waals surface area contributed by atoms with Crippen molar-refractivity contribution in [3.63, 3.8) is 0 Å². The zero-order chi connectivity index (χ0) is 18.5. The smallest absolute Gasteiger partial charge is 0.219 e. The van der Waals surface area contributed by atoms with Crippen LogP contribution in [0.15, 0.2) is 72.6 Å². The Kier molecular flexibility index (Phi) is 5.07. The second kappa shape index (κ2) is 7.97. The molecule has 4 aromatic rings. The Hall–Kier alpha value is -3.25. The Balaban J connectivity index is 1.41. The van der Waals surface area contributed by atoms with E-state index in [4.69, 9.17) is 4.74 Å². The average molecular weight is 374 g/mol. The predicted octanol–water partition coefficient (Wildman–Crippen LogP) is 5.31. The van der Waals surface area contributed by atoms with Gasteiger partial charge in [-0.3, -0.25) is 9.97 Å². The van der Waals surface area contributed by atoms with E-state index in [0.717, 1.165) is 33.1 Å². The van der Waals surface area contributed by atoms with Crippen LogP contribution in [-0.2, 0) is 6.54 Å². The van der Waals surface area contributed by atoms with Crippen LogP contribution >= 0.6 is 11.3 Å². The molecule has 6 heteroatoms. The van der Waals surface area contributed by atoms with Gasteiger partial charge >= 0.3 is 0 Å². The fourth-order valence-electron chi connectivity index (χ4n) is 2.65. The van der Waals surface area contributed by atoms with Gasteiger partial charge in [-0.25, -0.2) is 4.98 Å². The molecule has 0 unspecified atom stereocenters. The number of rotatable bonds is 6. The van der Waals surface area contributed by atoms with Crippen molar-refractivity contribution >= 4 is 17.0 Å². The van der Waals surface area contributed by atoms with Crippen molar-refractivity contribution in [1.82, 2.24) is 15.0 Å². The Morgan fingerprint density at radius 2 is 1.89 bits per heavy atom. The van der Waals surface area contributed by atoms with Crippen molar-refractivity contribution in [3.8, 4) is 22.1 Å². The fourth-order valence-corrected chi connectivity index (χ4v) is 3.28. The SMILES string of the molecule is Cc1nc(Oc2ccc(-c3cncs3)cc2)ccc1NCc1cccnc1. The lowest BCUT2D eigenvalue weighted by molar-refractivity contribution is 0.462. The third-order valence-electron chi connectivity index (χ3n) is 4.06. The molecule has 4 rings (SSSR count). The minimum Gasteiger partial charge on any atom is -0.439 e. The molecule has 0 aliphatic heterocycles. The lowest BCUT2D eigenvalue weighted by atomic mass is 10.2. The number of aryl methyl sites for hydroxylation is 1. The van der Waals surface area contributed by atoms with Gasteiger partial charge < -0.3 is 10.1 Å². The first-order chi connectivity index (χ1) is 13.3. The van der Waals surface area contributed by atoms with Gasteiger partial charge in [0.1, 0.15) is 5.75 Å². The standard InChI is InChI=1S/C21H18N4OS/c1-15-19(24-12-16-3-2-10-22-11-16)8-9-21(25-15)26-18-6-4-17(5-7-18)20-13-23-14-27-20/h2-11,13-14,24H,12H2,1H3. The van der Waals surface area contributed by atoms with Gasteiger partial charge in [0.2, 0.25) is 5.88 Å². The first kappa shape index (κ1) is 17.2. The molecule has 0 saturated carbocycles. The van der Waals surface area contributed by atoms with E-state index in [1.54, 1.807) is 17.5 Å². The lowest BCUT2D eigenvalue weighted by Crippen LogP contribution is -2.02. The van der Waals surface area contributed by atoms with E-state index >= 15 is 0 Å². The van der Waals surface area contributed by atoms with Crippen LogP contribution < -0.4 is 10.1 Å². The highest BCUT2D eigenvalue weighted by atomic mass is 32.1. The highest BCUT2D eigenvalue weighted by molar-refractivity contribution is 7.13. The third-order valence-corrected chi connectivity index (χ3v) is 4.88. The molecule has 0 fully saturated rings. The Labute approximate surface area is 161 Å². The van der Waals surface area contributed by atoms with Crippen LogP contribution in [0.5, 0.6) is 11.6 Å². The first-order valence-corrected chi connectivity index (χ1v) is 9.43. The number of ether oxygens (including phenoxy) is 1. The van der Waals surface area contributed by atoms with Crippen molar-refractivity contribution in [2.75, 3.05) is 5.32 Å². The van der Waals surface area contributed by atoms with E-state index in [0.29, 0.717) is 12.4 Å². The van der Waals surface area contributed by atoms with Crippen molar-refractivity contribution in [2.24, 2.45) is 0 Å². The number of aromatic nitrogens is 3. The van der Waals surface area contributed by atoms with Crippen LogP contribution in [-0.4, -0.2) is 15.0 Å². The van der Waals surface area contributed by atoms with Crippen molar-refractivity contribution in [1.29, 1.82) is 0 Å². The zero-order valence-corrected chi connectivity index (χ0v) is 15.6. The highest BCUT2D eigenvalue weighted by Gasteiger charge is 2.05. The maximum atomic E-state index is 5.89. The number of pyridine rings is 2. The summed E-state index contributed by atoms with van der Waals surface area (Å²) < 4.78 is 5.89. The van der Waals surface area contributed by atoms with E-state index < -0.39 is 0 Å². The van der Waals surface area contributed by atoms with Gasteiger partial charge in [-0.2, -0.15) is 0 Å². The Morgan fingerprint density at radius 3 is 2.59 bits per heavy atom. The molecular formula is C21H18N4OS. The quantitative estimate of drug-likeness (QED) is 0.495. The maximum absolute atomic E-state index is 5.89. The van der Waals surface area contributed by atoms with Crippen molar-refractivity contribution in [2.45, 2.75) is 13.5 Å². The van der Waals surface area contributed by atoms with Gasteiger partial charge in [-0.05, 0) is 54.4 Å². The van der Waals surface area contributed by atoms with Crippen molar-refractivity contribution < 1.29 is 4.74 Å². The fraction of sp³-hybridized carbons (Fsp3) is 0.0952. The Bertz CT molecular complexity index is 1000. The molecule has 0 aliphatic rings. The molecule has 27 heavy (non-hydrogen) atoms. The van der Waals surface area contributed by atoms with Crippen LogP contribution in [0.4, 0.5) is 5.69 Å². The number of thiazole rings is 1. The molecule has 0 radical (unpaired) electrons. The van der Waals surface area contributed by atoms with Crippen LogP contribution in [0.3, 0.4) is 0 Å². The summed E-state index contributed by atoms with van der Waals surface area (Å²) in [6, 6.07) is 15.8. The zero-order valence-electron chi connectivity index (χ0n) is 14.8. The molecule has 5 nitrogen and oxygen atoms in total. The second-order valence-electron chi connectivity index (χ2n) is 5.99. The first-order valence-electron chi connectivity index (χ1n) is 8.55. The molecule has 1 N–H and O–H groups in total. The molecule has 0 atom stereocenters. The molecule has 0 amide bonds. The normalized spacial score (nSPS) is 10.6. The van der Waals surface area contributed by atoms with Gasteiger partial charge in [0.05, 0.1) is 21.8 Å². The molecule has 3 heterocycles. The van der Waals surface area contributed by atoms with Crippen LogP contribution in [0.1, 0.15) is 11.3 Å². The van der Waals surface area contributed by atoms with E-state index in [1.165, 1.54) is 0 Å². The number of anilines is 1. The van der Waals surface area contributed by atoms with Gasteiger partial charge in [0.25, 0.3) is 0 Å². The monoisotopic (exact) mass is 374 g/mol. The number of benzene rings is 1. The molecular weight excluding hydrogens is 356 g/mol. The van der Waals surface area contributed by atoms with Gasteiger partial charge in [0.15, 0.2) is 0 Å². The number of hydrogen-bond acceptors (Lipinski definition) is 6. The minimum absolute atomic E-state index is 0.574. The van der Waals surface area contributed by atoms with E-state index in [2.05, 4.69) is 20.3 Å². The van der Waals surface area contributed by atoms with E-state index in [1.807, 2.05) is 73.4 Å². The predicted molar refractivity (Wildman–Crippen MR) is 108 cm³/mol. The van der Waals surface area contributed by atoms with Gasteiger partial charge in [0, 0.05) is 31.2 Å². The minimum atomic E-state index is 0.574. The molecule has 0 saturated heterocycles. The summed E-state index contributed by atoms with van der Waals surface area (Å²) >= 11 is 1.62.